The molecule has 0 fully saturated rings. The first-order valence-electron chi connectivity index (χ1n) is 20.0. The highest BCUT2D eigenvalue weighted by molar-refractivity contribution is 6.22. The highest BCUT2D eigenvalue weighted by Gasteiger charge is 2.28. The Morgan fingerprint density at radius 3 is 1.42 bits per heavy atom. The molecule has 0 saturated heterocycles. The van der Waals surface area contributed by atoms with Crippen molar-refractivity contribution in [2.24, 2.45) is 21.5 Å². The lowest BCUT2D eigenvalue weighted by molar-refractivity contribution is -0.117. The average molecular weight is 859 g/mol. The number of fused-ring (bicyclic) bond motifs is 2. The van der Waals surface area contributed by atoms with Crippen molar-refractivity contribution in [3.05, 3.63) is 155 Å². The first-order valence-corrected chi connectivity index (χ1v) is 20.0. The van der Waals surface area contributed by atoms with Gasteiger partial charge in [-0.25, -0.2) is 0 Å². The minimum absolute atomic E-state index is 0.0124. The van der Waals surface area contributed by atoms with E-state index in [0.29, 0.717) is 62.3 Å². The van der Waals surface area contributed by atoms with Gasteiger partial charge in [-0.1, -0.05) is 54.6 Å². The minimum Gasteiger partial charge on any atom is -0.497 e. The number of nitrogens with zero attached hydrogens (tertiary/aromatic N) is 4. The number of para-hydroxylation sites is 1. The molecule has 2 heterocycles. The summed E-state index contributed by atoms with van der Waals surface area (Å²) in [6, 6.07) is 36.7. The number of carbonyl (C=O) groups excluding carboxylic acids is 4. The van der Waals surface area contributed by atoms with Crippen LogP contribution >= 0.6 is 0 Å². The number of rotatable bonds is 10. The van der Waals surface area contributed by atoms with Gasteiger partial charge in [-0.15, -0.1) is 0 Å². The van der Waals surface area contributed by atoms with Crippen LogP contribution < -0.4 is 40.2 Å². The van der Waals surface area contributed by atoms with E-state index in [0.717, 1.165) is 39.1 Å². The van der Waals surface area contributed by atoms with Crippen molar-refractivity contribution in [3.63, 3.8) is 0 Å². The Morgan fingerprint density at radius 2 is 0.953 bits per heavy atom. The summed E-state index contributed by atoms with van der Waals surface area (Å²) in [7, 11) is 9.84. The Morgan fingerprint density at radius 1 is 0.484 bits per heavy atom. The molecular weight excluding hydrogens is 813 g/mol. The van der Waals surface area contributed by atoms with Gasteiger partial charge in [0.15, 0.2) is 0 Å². The third-order valence-corrected chi connectivity index (χ3v) is 11.0. The Kier molecular flexibility index (Phi) is 12.9. The second-order valence-corrected chi connectivity index (χ2v) is 14.7. The number of benzodiazepines with no additional fused rings is 2. The van der Waals surface area contributed by atoms with Gasteiger partial charge in [0.05, 0.1) is 51.2 Å². The van der Waals surface area contributed by atoms with E-state index in [-0.39, 0.29) is 24.9 Å². The molecule has 0 bridgehead atoms. The summed E-state index contributed by atoms with van der Waals surface area (Å²) >= 11 is 0. The van der Waals surface area contributed by atoms with Gasteiger partial charge in [0, 0.05) is 76.3 Å². The number of primary amides is 2. The molecule has 0 spiro atoms. The third kappa shape index (κ3) is 8.75. The maximum absolute atomic E-state index is 12.7. The number of aliphatic imine (C=N–C) groups is 2. The molecule has 0 aromatic heterocycles. The minimum atomic E-state index is -0.529. The van der Waals surface area contributed by atoms with Crippen LogP contribution in [0, 0.1) is 0 Å². The number of benzene rings is 6. The van der Waals surface area contributed by atoms with Gasteiger partial charge < -0.3 is 40.2 Å². The van der Waals surface area contributed by atoms with E-state index in [1.807, 2.05) is 84.9 Å². The molecule has 0 saturated carbocycles. The average Bonchev–Trinajstić information content (AvgIpc) is 3.53. The quantitative estimate of drug-likeness (QED) is 0.155. The van der Waals surface area contributed by atoms with Gasteiger partial charge in [0.25, 0.3) is 0 Å². The van der Waals surface area contributed by atoms with Crippen molar-refractivity contribution in [2.45, 2.75) is 0 Å². The molecule has 2 aliphatic rings. The number of likely N-dealkylation sites (N-methyl/N-ethyl adjacent to an activating group) is 2. The fraction of sp³-hybridized carbons (Fsp3) is 0.160. The van der Waals surface area contributed by atoms with Crippen LogP contribution in [0.4, 0.5) is 11.4 Å². The van der Waals surface area contributed by atoms with E-state index in [2.05, 4.69) is 9.98 Å². The number of hydrogen-bond donors (Lipinski definition) is 2. The van der Waals surface area contributed by atoms with Crippen molar-refractivity contribution in [3.8, 4) is 45.3 Å². The Balaban J connectivity index is 0.000000191. The van der Waals surface area contributed by atoms with Gasteiger partial charge in [0.2, 0.25) is 23.6 Å². The van der Waals surface area contributed by atoms with Crippen LogP contribution in [-0.4, -0.2) is 90.7 Å². The zero-order valence-corrected chi connectivity index (χ0v) is 36.2. The molecule has 6 aromatic carbocycles. The largest absolute Gasteiger partial charge is 0.497 e. The summed E-state index contributed by atoms with van der Waals surface area (Å²) < 4.78 is 22.2. The van der Waals surface area contributed by atoms with Crippen molar-refractivity contribution < 1.29 is 38.1 Å². The SMILES string of the molecule is COc1ccc(-c2cc3c(cc2OC)N(C)C(=O)CN=C3c2cccc(C(N)=O)c2)cc1.COc1ccccc1-c1cc2c(cc1OC)N(C)C(=O)CN=C2c1cccc(C(N)=O)c1. The Hall–Kier alpha value is -8.26. The molecule has 4 amide bonds. The summed E-state index contributed by atoms with van der Waals surface area (Å²) in [5.74, 6) is 1.31. The number of methoxy groups -OCH3 is 4. The molecule has 8 rings (SSSR count). The predicted molar refractivity (Wildman–Crippen MR) is 248 cm³/mol. The van der Waals surface area contributed by atoms with Crippen LogP contribution in [0.5, 0.6) is 23.0 Å². The topological polar surface area (TPSA) is 188 Å². The van der Waals surface area contributed by atoms with Crippen LogP contribution in [0.25, 0.3) is 22.3 Å². The molecule has 6 aromatic rings. The molecule has 14 nitrogen and oxygen atoms in total. The maximum atomic E-state index is 12.7. The molecule has 14 heteroatoms. The van der Waals surface area contributed by atoms with Crippen molar-refractivity contribution in [1.29, 1.82) is 0 Å². The molecule has 0 unspecified atom stereocenters. The van der Waals surface area contributed by atoms with E-state index < -0.39 is 11.8 Å². The van der Waals surface area contributed by atoms with Gasteiger partial charge in [-0.05, 0) is 60.2 Å². The molecule has 0 atom stereocenters. The monoisotopic (exact) mass is 858 g/mol. The van der Waals surface area contributed by atoms with Crippen molar-refractivity contribution in [2.75, 3.05) is 65.4 Å². The number of ether oxygens (including phenoxy) is 4. The Labute approximate surface area is 370 Å². The molecule has 0 radical (unpaired) electrons. The first kappa shape index (κ1) is 43.8. The summed E-state index contributed by atoms with van der Waals surface area (Å²) in [5, 5.41) is 0. The fourth-order valence-corrected chi connectivity index (χ4v) is 7.56. The van der Waals surface area contributed by atoms with E-state index >= 15 is 0 Å². The van der Waals surface area contributed by atoms with Crippen LogP contribution in [0.15, 0.2) is 131 Å². The highest BCUT2D eigenvalue weighted by Crippen LogP contribution is 2.42. The van der Waals surface area contributed by atoms with Gasteiger partial charge in [-0.2, -0.15) is 0 Å². The standard InChI is InChI=1S/2C25H23N3O4/c1-28-20-13-22(32-3)18(17-9-4-5-10-21(17)31-2)12-19(20)24(27-14-23(28)29)15-7-6-8-16(11-15)25(26)30;1-28-21-13-22(32-3)19(15-7-9-18(31-2)10-8-15)12-20(21)24(27-14-23(28)29)16-5-4-6-17(11-16)25(26)30/h2*4-13H,14H2,1-3H3,(H2,26,30). The van der Waals surface area contributed by atoms with Crippen molar-refractivity contribution in [1.82, 2.24) is 0 Å². The zero-order valence-electron chi connectivity index (χ0n) is 36.2. The maximum Gasteiger partial charge on any atom is 0.248 e. The summed E-state index contributed by atoms with van der Waals surface area (Å²) in [6.07, 6.45) is 0. The molecule has 0 aliphatic carbocycles. The van der Waals surface area contributed by atoms with Crippen LogP contribution in [0.1, 0.15) is 43.0 Å². The number of amides is 4. The lowest BCUT2D eigenvalue weighted by atomic mass is 9.93. The van der Waals surface area contributed by atoms with Crippen LogP contribution in [0.2, 0.25) is 0 Å². The van der Waals surface area contributed by atoms with E-state index in [1.165, 1.54) is 0 Å². The van der Waals surface area contributed by atoms with E-state index in [4.69, 9.17) is 30.4 Å². The molecule has 2 aliphatic heterocycles. The van der Waals surface area contributed by atoms with Crippen LogP contribution in [0.3, 0.4) is 0 Å². The van der Waals surface area contributed by atoms with Gasteiger partial charge in [-0.3, -0.25) is 29.2 Å². The van der Waals surface area contributed by atoms with Gasteiger partial charge in [0.1, 0.15) is 36.1 Å². The van der Waals surface area contributed by atoms with Gasteiger partial charge >= 0.3 is 0 Å². The Bertz CT molecular complexity index is 2870. The number of anilines is 2. The predicted octanol–water partition coefficient (Wildman–Crippen LogP) is 6.57. The first-order chi connectivity index (χ1) is 30.9. The molecule has 4 N–H and O–H groups in total. The zero-order chi connectivity index (χ0) is 45.7. The number of nitrogens with two attached hydrogens (primary N) is 2. The normalized spacial score (nSPS) is 13.2. The lowest BCUT2D eigenvalue weighted by Gasteiger charge is -2.22. The third-order valence-electron chi connectivity index (χ3n) is 11.0. The summed E-state index contributed by atoms with van der Waals surface area (Å²) in [4.78, 5) is 61.1. The van der Waals surface area contributed by atoms with E-state index in [1.54, 1.807) is 88.7 Å². The lowest BCUT2D eigenvalue weighted by Crippen LogP contribution is -2.27. The van der Waals surface area contributed by atoms with E-state index in [9.17, 15) is 19.2 Å². The number of carbonyl (C=O) groups is 4. The summed E-state index contributed by atoms with van der Waals surface area (Å²) in [5.41, 5.74) is 20.5. The summed E-state index contributed by atoms with van der Waals surface area (Å²) in [6.45, 7) is -0.0326. The second kappa shape index (κ2) is 18.8. The highest BCUT2D eigenvalue weighted by atomic mass is 16.5. The van der Waals surface area contributed by atoms with Crippen LogP contribution in [-0.2, 0) is 9.59 Å². The molecule has 324 valence electrons. The number of hydrogen-bond acceptors (Lipinski definition) is 10. The second-order valence-electron chi connectivity index (χ2n) is 14.7. The molecule has 64 heavy (non-hydrogen) atoms. The molecular formula is C50H46N6O8. The smallest absolute Gasteiger partial charge is 0.248 e. The van der Waals surface area contributed by atoms with Crippen molar-refractivity contribution >= 4 is 46.4 Å². The fourth-order valence-electron chi connectivity index (χ4n) is 7.56.